The zero-order valence-electron chi connectivity index (χ0n) is 9.91. The molecule has 0 aliphatic carbocycles. The van der Waals surface area contributed by atoms with E-state index < -0.39 is 0 Å². The molecule has 2 N–H and O–H groups in total. The van der Waals surface area contributed by atoms with E-state index in [4.69, 9.17) is 17.3 Å². The monoisotopic (exact) mass is 281 g/mol. The van der Waals surface area contributed by atoms with Gasteiger partial charge in [0, 0.05) is 21.4 Å². The Morgan fingerprint density at radius 1 is 1.28 bits per heavy atom. The number of nitrogen functional groups attached to an aromatic ring is 1. The van der Waals surface area contributed by atoms with Crippen LogP contribution in [-0.4, -0.2) is 0 Å². The van der Waals surface area contributed by atoms with Crippen molar-refractivity contribution in [3.8, 4) is 0 Å². The van der Waals surface area contributed by atoms with E-state index in [1.54, 1.807) is 12.1 Å². The number of para-hydroxylation sites is 1. The predicted octanol–water partition coefficient (Wildman–Crippen LogP) is 4.66. The van der Waals surface area contributed by atoms with Gasteiger partial charge in [0.1, 0.15) is 5.82 Å². The molecular weight excluding hydrogens is 269 g/mol. The van der Waals surface area contributed by atoms with Crippen molar-refractivity contribution in [1.82, 2.24) is 0 Å². The zero-order valence-corrected chi connectivity index (χ0v) is 11.5. The van der Waals surface area contributed by atoms with Crippen molar-refractivity contribution in [2.24, 2.45) is 0 Å². The molecule has 0 bridgehead atoms. The van der Waals surface area contributed by atoms with Gasteiger partial charge in [-0.3, -0.25) is 0 Å². The number of hydrogen-bond donors (Lipinski definition) is 1. The Morgan fingerprint density at radius 2 is 2.06 bits per heavy atom. The summed E-state index contributed by atoms with van der Waals surface area (Å²) in [6.07, 6.45) is 0. The number of aryl methyl sites for hydroxylation is 1. The Morgan fingerprint density at radius 3 is 2.78 bits per heavy atom. The van der Waals surface area contributed by atoms with Gasteiger partial charge in [-0.15, -0.1) is 11.8 Å². The molecule has 18 heavy (non-hydrogen) atoms. The maximum atomic E-state index is 13.6. The quantitative estimate of drug-likeness (QED) is 0.654. The van der Waals surface area contributed by atoms with Crippen molar-refractivity contribution in [1.29, 1.82) is 0 Å². The van der Waals surface area contributed by atoms with Crippen LogP contribution in [0.1, 0.15) is 11.1 Å². The van der Waals surface area contributed by atoms with Gasteiger partial charge in [0.05, 0.1) is 0 Å². The lowest BCUT2D eigenvalue weighted by Gasteiger charge is -2.08. The average molecular weight is 282 g/mol. The third kappa shape index (κ3) is 2.98. The van der Waals surface area contributed by atoms with Crippen LogP contribution in [0.15, 0.2) is 41.3 Å². The van der Waals surface area contributed by atoms with E-state index in [0.717, 1.165) is 16.1 Å². The summed E-state index contributed by atoms with van der Waals surface area (Å²) in [6, 6.07) is 10.6. The van der Waals surface area contributed by atoms with E-state index in [-0.39, 0.29) is 5.82 Å². The molecule has 2 rings (SSSR count). The second-order valence-electron chi connectivity index (χ2n) is 4.01. The summed E-state index contributed by atoms with van der Waals surface area (Å²) >= 11 is 7.24. The van der Waals surface area contributed by atoms with Gasteiger partial charge in [-0.2, -0.15) is 0 Å². The molecule has 2 aromatic carbocycles. The Hall–Kier alpha value is -1.19. The molecule has 0 radical (unpaired) electrons. The van der Waals surface area contributed by atoms with E-state index in [2.05, 4.69) is 0 Å². The first-order chi connectivity index (χ1) is 8.58. The van der Waals surface area contributed by atoms with E-state index in [9.17, 15) is 4.39 Å². The van der Waals surface area contributed by atoms with Crippen LogP contribution < -0.4 is 5.73 Å². The summed E-state index contributed by atoms with van der Waals surface area (Å²) in [5.74, 6) is 0.262. The smallest absolute Gasteiger partial charge is 0.128 e. The normalized spacial score (nSPS) is 10.6. The minimum atomic E-state index is -0.277. The summed E-state index contributed by atoms with van der Waals surface area (Å²) in [5, 5.41) is 0.413. The maximum Gasteiger partial charge on any atom is 0.128 e. The molecule has 0 unspecified atom stereocenters. The highest BCUT2D eigenvalue weighted by Gasteiger charge is 2.06. The topological polar surface area (TPSA) is 26.0 Å². The zero-order chi connectivity index (χ0) is 13.1. The minimum Gasteiger partial charge on any atom is -0.398 e. The minimum absolute atomic E-state index is 0.277. The van der Waals surface area contributed by atoms with E-state index in [1.807, 2.05) is 25.1 Å². The summed E-state index contributed by atoms with van der Waals surface area (Å²) in [4.78, 5) is 0.976. The molecule has 0 aliphatic heterocycles. The number of thioether (sulfide) groups is 1. The molecule has 0 fully saturated rings. The lowest BCUT2D eigenvalue weighted by atomic mass is 10.2. The molecule has 0 spiro atoms. The Bertz CT molecular complexity index is 572. The van der Waals surface area contributed by atoms with Gasteiger partial charge in [-0.25, -0.2) is 4.39 Å². The van der Waals surface area contributed by atoms with Crippen molar-refractivity contribution < 1.29 is 4.39 Å². The van der Waals surface area contributed by atoms with Crippen molar-refractivity contribution in [3.63, 3.8) is 0 Å². The number of anilines is 1. The maximum absolute atomic E-state index is 13.6. The van der Waals surface area contributed by atoms with Gasteiger partial charge < -0.3 is 5.73 Å². The van der Waals surface area contributed by atoms with Crippen LogP contribution in [0.5, 0.6) is 0 Å². The summed E-state index contributed by atoms with van der Waals surface area (Å²) < 4.78 is 13.6. The fraction of sp³-hybridized carbons (Fsp3) is 0.143. The van der Waals surface area contributed by atoms with Gasteiger partial charge in [-0.05, 0) is 36.2 Å². The number of rotatable bonds is 3. The summed E-state index contributed by atoms with van der Waals surface area (Å²) in [7, 11) is 0. The third-order valence-electron chi connectivity index (χ3n) is 2.68. The molecule has 2 aromatic rings. The van der Waals surface area contributed by atoms with Gasteiger partial charge >= 0.3 is 0 Å². The highest BCUT2D eigenvalue weighted by atomic mass is 35.5. The van der Waals surface area contributed by atoms with Crippen molar-refractivity contribution in [3.05, 3.63) is 58.4 Å². The van der Waals surface area contributed by atoms with Gasteiger partial charge in [-0.1, -0.05) is 29.8 Å². The fourth-order valence-electron chi connectivity index (χ4n) is 1.57. The van der Waals surface area contributed by atoms with Crippen molar-refractivity contribution in [2.75, 3.05) is 5.73 Å². The molecule has 0 atom stereocenters. The first kappa shape index (κ1) is 13.2. The second kappa shape index (κ2) is 5.63. The molecule has 0 saturated carbocycles. The lowest BCUT2D eigenvalue weighted by Crippen LogP contribution is -1.93. The second-order valence-corrected chi connectivity index (χ2v) is 5.46. The first-order valence-electron chi connectivity index (χ1n) is 5.50. The Kier molecular flexibility index (Phi) is 4.15. The van der Waals surface area contributed by atoms with Gasteiger partial charge in [0.2, 0.25) is 0 Å². The van der Waals surface area contributed by atoms with Crippen LogP contribution in [0.4, 0.5) is 10.1 Å². The van der Waals surface area contributed by atoms with E-state index in [1.165, 1.54) is 17.8 Å². The molecule has 0 aromatic heterocycles. The lowest BCUT2D eigenvalue weighted by molar-refractivity contribution is 0.617. The summed E-state index contributed by atoms with van der Waals surface area (Å²) in [6.45, 7) is 1.96. The van der Waals surface area contributed by atoms with Crippen LogP contribution in [0, 0.1) is 12.7 Å². The van der Waals surface area contributed by atoms with E-state index >= 15 is 0 Å². The number of benzene rings is 2. The highest BCUT2D eigenvalue weighted by molar-refractivity contribution is 7.98. The molecule has 1 nitrogen and oxygen atoms in total. The van der Waals surface area contributed by atoms with Crippen LogP contribution in [0.2, 0.25) is 5.02 Å². The van der Waals surface area contributed by atoms with E-state index in [0.29, 0.717) is 16.3 Å². The SMILES string of the molecule is Cc1cccc(SCc2ccc(Cl)cc2F)c1N. The molecular formula is C14H13ClFNS. The molecule has 0 aliphatic rings. The van der Waals surface area contributed by atoms with Crippen LogP contribution in [-0.2, 0) is 5.75 Å². The molecule has 0 amide bonds. The number of hydrogen-bond acceptors (Lipinski definition) is 2. The molecule has 94 valence electrons. The van der Waals surface area contributed by atoms with Crippen LogP contribution in [0.25, 0.3) is 0 Å². The number of halogens is 2. The number of nitrogens with two attached hydrogens (primary N) is 1. The van der Waals surface area contributed by atoms with Crippen molar-refractivity contribution in [2.45, 2.75) is 17.6 Å². The predicted molar refractivity (Wildman–Crippen MR) is 76.6 cm³/mol. The third-order valence-corrected chi connectivity index (χ3v) is 4.04. The first-order valence-corrected chi connectivity index (χ1v) is 6.86. The standard InChI is InChI=1S/C14H13ClFNS/c1-9-3-2-4-13(14(9)17)18-8-10-5-6-11(15)7-12(10)16/h2-7H,8,17H2,1H3. The van der Waals surface area contributed by atoms with Gasteiger partial charge in [0.25, 0.3) is 0 Å². The average Bonchev–Trinajstić information content (AvgIpc) is 2.33. The molecule has 4 heteroatoms. The Labute approximate surface area is 115 Å². The van der Waals surface area contributed by atoms with Crippen LogP contribution >= 0.6 is 23.4 Å². The Balaban J connectivity index is 2.14. The van der Waals surface area contributed by atoms with Crippen LogP contribution in [0.3, 0.4) is 0 Å². The molecule has 0 saturated heterocycles. The molecule has 0 heterocycles. The van der Waals surface area contributed by atoms with Crippen molar-refractivity contribution >= 4 is 29.1 Å². The summed E-state index contributed by atoms with van der Waals surface area (Å²) in [5.41, 5.74) is 8.40. The highest BCUT2D eigenvalue weighted by Crippen LogP contribution is 2.31. The largest absolute Gasteiger partial charge is 0.398 e. The fourth-order valence-corrected chi connectivity index (χ4v) is 2.77. The van der Waals surface area contributed by atoms with Gasteiger partial charge in [0.15, 0.2) is 0 Å².